The molecule has 0 N–H and O–H groups in total. The molecule has 1 aromatic carbocycles. The van der Waals surface area contributed by atoms with Crippen molar-refractivity contribution in [3.8, 4) is 0 Å². The Hall–Kier alpha value is -2.04. The van der Waals surface area contributed by atoms with E-state index in [9.17, 15) is 13.6 Å². The van der Waals surface area contributed by atoms with E-state index in [1.807, 2.05) is 0 Å². The van der Waals surface area contributed by atoms with Crippen LogP contribution in [0.1, 0.15) is 21.6 Å². The van der Waals surface area contributed by atoms with Crippen LogP contribution in [0.2, 0.25) is 0 Å². The van der Waals surface area contributed by atoms with Crippen LogP contribution in [0, 0.1) is 18.6 Å². The van der Waals surface area contributed by atoms with E-state index in [-0.39, 0.29) is 12.0 Å². The van der Waals surface area contributed by atoms with E-state index in [0.29, 0.717) is 5.69 Å². The number of hydrogen-bond acceptors (Lipinski definition) is 2. The molecule has 18 heavy (non-hydrogen) atoms. The molecule has 0 aliphatic rings. The van der Waals surface area contributed by atoms with Crippen molar-refractivity contribution in [3.05, 3.63) is 52.9 Å². The van der Waals surface area contributed by atoms with E-state index >= 15 is 0 Å². The van der Waals surface area contributed by atoms with Gasteiger partial charge in [0.25, 0.3) is 0 Å². The Labute approximate surface area is 103 Å². The number of rotatable bonds is 3. The number of aryl methyl sites for hydroxylation is 2. The second kappa shape index (κ2) is 4.68. The molecule has 0 radical (unpaired) electrons. The van der Waals surface area contributed by atoms with E-state index in [1.165, 1.54) is 17.7 Å². The van der Waals surface area contributed by atoms with Gasteiger partial charge in [-0.2, -0.15) is 5.10 Å². The lowest BCUT2D eigenvalue weighted by Gasteiger charge is -2.05. The van der Waals surface area contributed by atoms with Gasteiger partial charge in [-0.3, -0.25) is 9.48 Å². The Bertz CT molecular complexity index is 605. The largest absolute Gasteiger partial charge is 0.294 e. The molecule has 2 aromatic rings. The lowest BCUT2D eigenvalue weighted by molar-refractivity contribution is 0.0983. The average Bonchev–Trinajstić information content (AvgIpc) is 2.70. The molecule has 0 atom stereocenters. The van der Waals surface area contributed by atoms with E-state index in [4.69, 9.17) is 0 Å². The summed E-state index contributed by atoms with van der Waals surface area (Å²) < 4.78 is 28.8. The number of ketones is 1. The van der Waals surface area contributed by atoms with Crippen LogP contribution in [0.15, 0.2) is 24.4 Å². The van der Waals surface area contributed by atoms with Crippen LogP contribution in [-0.2, 0) is 13.5 Å². The topological polar surface area (TPSA) is 34.9 Å². The fraction of sp³-hybridized carbons (Fsp3) is 0.231. The van der Waals surface area contributed by atoms with Crippen molar-refractivity contribution in [3.63, 3.8) is 0 Å². The van der Waals surface area contributed by atoms with E-state index in [2.05, 4.69) is 5.10 Å². The number of carbonyl (C=O) groups excluding carboxylic acids is 1. The van der Waals surface area contributed by atoms with Gasteiger partial charge in [-0.05, 0) is 24.6 Å². The summed E-state index contributed by atoms with van der Waals surface area (Å²) in [6.45, 7) is 1.49. The molecule has 0 unspecified atom stereocenters. The van der Waals surface area contributed by atoms with Crippen molar-refractivity contribution in [2.24, 2.45) is 7.05 Å². The Balaban J connectivity index is 2.32. The number of hydrogen-bond donors (Lipinski definition) is 0. The summed E-state index contributed by atoms with van der Waals surface area (Å²) in [4.78, 5) is 11.9. The summed E-state index contributed by atoms with van der Waals surface area (Å²) in [7, 11) is 1.71. The first-order valence-corrected chi connectivity index (χ1v) is 5.45. The second-order valence-corrected chi connectivity index (χ2v) is 4.13. The summed E-state index contributed by atoms with van der Waals surface area (Å²) in [6.07, 6.45) is 1.56. The highest BCUT2D eigenvalue weighted by Gasteiger charge is 2.19. The molecule has 5 heteroatoms. The molecular formula is C13H12F2N2O. The summed E-state index contributed by atoms with van der Waals surface area (Å²) in [5.74, 6) is -2.23. The van der Waals surface area contributed by atoms with Gasteiger partial charge >= 0.3 is 0 Å². The summed E-state index contributed by atoms with van der Waals surface area (Å²) in [5.41, 5.74) is 0.254. The SMILES string of the molecule is Cc1ccc(F)c(C(=O)Cc2ccn(C)n2)c1F. The van der Waals surface area contributed by atoms with Gasteiger partial charge in [0.15, 0.2) is 5.78 Å². The summed E-state index contributed by atoms with van der Waals surface area (Å²) >= 11 is 0. The molecule has 1 heterocycles. The molecule has 3 nitrogen and oxygen atoms in total. The Morgan fingerprint density at radius 1 is 1.33 bits per heavy atom. The molecule has 1 aromatic heterocycles. The zero-order chi connectivity index (χ0) is 13.3. The van der Waals surface area contributed by atoms with E-state index < -0.39 is 23.0 Å². The number of aromatic nitrogens is 2. The standard InChI is InChI=1S/C13H12F2N2O/c1-8-3-4-10(14)12(13(8)15)11(18)7-9-5-6-17(2)16-9/h3-6H,7H2,1-2H3. The Kier molecular flexibility index (Phi) is 3.23. The quantitative estimate of drug-likeness (QED) is 0.784. The molecule has 0 fully saturated rings. The smallest absolute Gasteiger partial charge is 0.174 e. The highest BCUT2D eigenvalue weighted by atomic mass is 19.1. The third-order valence-electron chi connectivity index (χ3n) is 2.67. The summed E-state index contributed by atoms with van der Waals surface area (Å²) in [5, 5.41) is 4.01. The van der Waals surface area contributed by atoms with Crippen LogP contribution in [0.25, 0.3) is 0 Å². The molecule has 0 aliphatic carbocycles. The third kappa shape index (κ3) is 2.30. The third-order valence-corrected chi connectivity index (χ3v) is 2.67. The first-order valence-electron chi connectivity index (χ1n) is 5.45. The van der Waals surface area contributed by atoms with Gasteiger partial charge in [0, 0.05) is 13.2 Å². The first kappa shape index (κ1) is 12.4. The number of benzene rings is 1. The zero-order valence-electron chi connectivity index (χ0n) is 10.1. The van der Waals surface area contributed by atoms with Crippen molar-refractivity contribution in [1.29, 1.82) is 0 Å². The minimum atomic E-state index is -0.834. The average molecular weight is 250 g/mol. The zero-order valence-corrected chi connectivity index (χ0v) is 10.1. The van der Waals surface area contributed by atoms with Crippen LogP contribution < -0.4 is 0 Å². The maximum atomic E-state index is 13.7. The fourth-order valence-electron chi connectivity index (χ4n) is 1.72. The molecule has 2 rings (SSSR count). The molecular weight excluding hydrogens is 238 g/mol. The fourth-order valence-corrected chi connectivity index (χ4v) is 1.72. The minimum absolute atomic E-state index is 0.113. The molecule has 0 spiro atoms. The van der Waals surface area contributed by atoms with Gasteiger partial charge in [-0.25, -0.2) is 8.78 Å². The highest BCUT2D eigenvalue weighted by Crippen LogP contribution is 2.18. The van der Waals surface area contributed by atoms with E-state index in [1.54, 1.807) is 19.3 Å². The van der Waals surface area contributed by atoms with Crippen LogP contribution in [0.5, 0.6) is 0 Å². The predicted octanol–water partition coefficient (Wildman–Crippen LogP) is 2.43. The van der Waals surface area contributed by atoms with Crippen molar-refractivity contribution >= 4 is 5.78 Å². The van der Waals surface area contributed by atoms with Gasteiger partial charge in [-0.1, -0.05) is 6.07 Å². The minimum Gasteiger partial charge on any atom is -0.294 e. The number of carbonyl (C=O) groups is 1. The molecule has 0 amide bonds. The maximum absolute atomic E-state index is 13.7. The van der Waals surface area contributed by atoms with Crippen LogP contribution >= 0.6 is 0 Å². The number of nitrogens with zero attached hydrogens (tertiary/aromatic N) is 2. The van der Waals surface area contributed by atoms with Crippen molar-refractivity contribution in [2.45, 2.75) is 13.3 Å². The monoisotopic (exact) mass is 250 g/mol. The highest BCUT2D eigenvalue weighted by molar-refractivity contribution is 5.98. The normalized spacial score (nSPS) is 10.7. The first-order chi connectivity index (χ1) is 8.49. The van der Waals surface area contributed by atoms with Crippen molar-refractivity contribution < 1.29 is 13.6 Å². The van der Waals surface area contributed by atoms with Crippen molar-refractivity contribution in [1.82, 2.24) is 9.78 Å². The second-order valence-electron chi connectivity index (χ2n) is 4.13. The lowest BCUT2D eigenvalue weighted by atomic mass is 10.0. The van der Waals surface area contributed by atoms with Gasteiger partial charge < -0.3 is 0 Å². The molecule has 94 valence electrons. The summed E-state index contributed by atoms with van der Waals surface area (Å²) in [6, 6.07) is 4.05. The lowest BCUT2D eigenvalue weighted by Crippen LogP contribution is -2.10. The van der Waals surface area contributed by atoms with Gasteiger partial charge in [0.2, 0.25) is 0 Å². The molecule has 0 bridgehead atoms. The Morgan fingerprint density at radius 3 is 2.67 bits per heavy atom. The van der Waals surface area contributed by atoms with Gasteiger partial charge in [-0.15, -0.1) is 0 Å². The predicted molar refractivity (Wildman–Crippen MR) is 62.3 cm³/mol. The number of halogens is 2. The van der Waals surface area contributed by atoms with Crippen LogP contribution in [0.4, 0.5) is 8.78 Å². The van der Waals surface area contributed by atoms with Gasteiger partial charge in [0.05, 0.1) is 17.7 Å². The maximum Gasteiger partial charge on any atom is 0.174 e. The van der Waals surface area contributed by atoms with Crippen LogP contribution in [-0.4, -0.2) is 15.6 Å². The van der Waals surface area contributed by atoms with E-state index in [0.717, 1.165) is 6.07 Å². The van der Waals surface area contributed by atoms with Crippen LogP contribution in [0.3, 0.4) is 0 Å². The van der Waals surface area contributed by atoms with Gasteiger partial charge in [0.1, 0.15) is 11.6 Å². The molecule has 0 saturated heterocycles. The Morgan fingerprint density at radius 2 is 2.06 bits per heavy atom. The molecule has 0 aliphatic heterocycles. The van der Waals surface area contributed by atoms with Crippen molar-refractivity contribution in [2.75, 3.05) is 0 Å². The molecule has 0 saturated carbocycles. The number of Topliss-reactive ketones (excluding diaryl/α,β-unsaturated/α-hetero) is 1.